The molecule has 13 heavy (non-hydrogen) atoms. The largest absolute Gasteiger partial charge is 0.323 e. The lowest BCUT2D eigenvalue weighted by molar-refractivity contribution is 0.552. The minimum absolute atomic E-state index is 0.184. The van der Waals surface area contributed by atoms with E-state index in [0.717, 1.165) is 0 Å². The molecule has 2 heteroatoms. The number of nitrogens with two attached hydrogens (primary N) is 1. The zero-order chi connectivity index (χ0) is 9.90. The van der Waals surface area contributed by atoms with Gasteiger partial charge in [-0.1, -0.05) is 11.6 Å². The van der Waals surface area contributed by atoms with Gasteiger partial charge in [-0.05, 0) is 45.8 Å². The fraction of sp³-hybridized carbons (Fsp3) is 0.818. The monoisotopic (exact) mass is 199 g/mol. The van der Waals surface area contributed by atoms with Gasteiger partial charge in [0.05, 0.1) is 0 Å². The van der Waals surface area contributed by atoms with Gasteiger partial charge < -0.3 is 5.73 Å². The van der Waals surface area contributed by atoms with Gasteiger partial charge in [-0.2, -0.15) is 11.8 Å². The van der Waals surface area contributed by atoms with Gasteiger partial charge in [-0.15, -0.1) is 0 Å². The second-order valence-corrected chi connectivity index (χ2v) is 5.77. The van der Waals surface area contributed by atoms with Crippen molar-refractivity contribution in [3.63, 3.8) is 0 Å². The van der Waals surface area contributed by atoms with Crippen LogP contribution in [0.1, 0.15) is 39.5 Å². The van der Waals surface area contributed by atoms with Gasteiger partial charge in [0.25, 0.3) is 0 Å². The molecular formula is C11H21NS. The molecule has 0 saturated heterocycles. The van der Waals surface area contributed by atoms with Gasteiger partial charge in [0.15, 0.2) is 0 Å². The van der Waals surface area contributed by atoms with Crippen LogP contribution in [-0.2, 0) is 0 Å². The average molecular weight is 199 g/mol. The van der Waals surface area contributed by atoms with Gasteiger partial charge in [0.1, 0.15) is 0 Å². The molecule has 0 bridgehead atoms. The lowest BCUT2D eigenvalue weighted by atomic mass is 9.88. The van der Waals surface area contributed by atoms with E-state index >= 15 is 0 Å². The fourth-order valence-electron chi connectivity index (χ4n) is 1.72. The zero-order valence-corrected chi connectivity index (χ0v) is 9.79. The highest BCUT2D eigenvalue weighted by Crippen LogP contribution is 2.32. The Morgan fingerprint density at radius 3 is 2.62 bits per heavy atom. The highest BCUT2D eigenvalue weighted by Gasteiger charge is 2.28. The van der Waals surface area contributed by atoms with Crippen LogP contribution in [0.3, 0.4) is 0 Å². The standard InChI is InChI=1S/C11H21NS/c1-11(2,13-3)10(12)9-7-5-4-6-8-9/h7,10H,4-6,8,12H2,1-3H3. The van der Waals surface area contributed by atoms with Crippen molar-refractivity contribution >= 4 is 11.8 Å². The van der Waals surface area contributed by atoms with Crippen molar-refractivity contribution in [2.75, 3.05) is 6.26 Å². The first-order valence-electron chi connectivity index (χ1n) is 5.07. The predicted molar refractivity (Wildman–Crippen MR) is 62.1 cm³/mol. The van der Waals surface area contributed by atoms with E-state index in [1.165, 1.54) is 31.3 Å². The Kier molecular flexibility index (Phi) is 3.87. The molecule has 1 nitrogen and oxygen atoms in total. The highest BCUT2D eigenvalue weighted by atomic mass is 32.2. The summed E-state index contributed by atoms with van der Waals surface area (Å²) in [6, 6.07) is 0.239. The van der Waals surface area contributed by atoms with Gasteiger partial charge >= 0.3 is 0 Å². The van der Waals surface area contributed by atoms with Gasteiger partial charge in [-0.25, -0.2) is 0 Å². The summed E-state index contributed by atoms with van der Waals surface area (Å²) in [6.07, 6.45) is 9.61. The molecule has 0 aromatic heterocycles. The quantitative estimate of drug-likeness (QED) is 0.707. The van der Waals surface area contributed by atoms with E-state index in [2.05, 4.69) is 26.2 Å². The lowest BCUT2D eigenvalue weighted by Gasteiger charge is -2.33. The predicted octanol–water partition coefficient (Wildman–Crippen LogP) is 2.96. The summed E-state index contributed by atoms with van der Waals surface area (Å²) in [6.45, 7) is 4.47. The van der Waals surface area contributed by atoms with Crippen molar-refractivity contribution in [1.29, 1.82) is 0 Å². The van der Waals surface area contributed by atoms with Crippen molar-refractivity contribution in [2.24, 2.45) is 5.73 Å². The smallest absolute Gasteiger partial charge is 0.0397 e. The average Bonchev–Trinajstić information content (AvgIpc) is 2.18. The Morgan fingerprint density at radius 1 is 1.46 bits per heavy atom. The number of thioether (sulfide) groups is 1. The normalized spacial score (nSPS) is 21.1. The highest BCUT2D eigenvalue weighted by molar-refractivity contribution is 8.00. The molecule has 0 radical (unpaired) electrons. The molecule has 0 aromatic carbocycles. The third-order valence-electron chi connectivity index (χ3n) is 3.00. The first kappa shape index (κ1) is 11.1. The van der Waals surface area contributed by atoms with Crippen molar-refractivity contribution in [2.45, 2.75) is 50.3 Å². The van der Waals surface area contributed by atoms with Crippen molar-refractivity contribution < 1.29 is 0 Å². The Balaban J connectivity index is 2.65. The summed E-state index contributed by atoms with van der Waals surface area (Å²) in [5, 5.41) is 0. The topological polar surface area (TPSA) is 26.0 Å². The minimum Gasteiger partial charge on any atom is -0.323 e. The van der Waals surface area contributed by atoms with E-state index in [1.807, 2.05) is 11.8 Å². The second-order valence-electron chi connectivity index (χ2n) is 4.31. The summed E-state index contributed by atoms with van der Waals surface area (Å²) >= 11 is 1.86. The Morgan fingerprint density at radius 2 is 2.15 bits per heavy atom. The van der Waals surface area contributed by atoms with Gasteiger partial charge in [0, 0.05) is 10.8 Å². The molecule has 76 valence electrons. The lowest BCUT2D eigenvalue weighted by Crippen LogP contribution is -2.42. The zero-order valence-electron chi connectivity index (χ0n) is 8.97. The molecule has 0 fully saturated rings. The minimum atomic E-state index is 0.184. The van der Waals surface area contributed by atoms with Crippen LogP contribution >= 0.6 is 11.8 Å². The van der Waals surface area contributed by atoms with Crippen LogP contribution in [-0.4, -0.2) is 17.0 Å². The van der Waals surface area contributed by atoms with Crippen LogP contribution < -0.4 is 5.73 Å². The van der Waals surface area contributed by atoms with E-state index in [9.17, 15) is 0 Å². The van der Waals surface area contributed by atoms with E-state index in [-0.39, 0.29) is 10.8 Å². The summed E-state index contributed by atoms with van der Waals surface area (Å²) in [5.41, 5.74) is 7.72. The van der Waals surface area contributed by atoms with Crippen LogP contribution in [0.25, 0.3) is 0 Å². The maximum atomic E-state index is 6.25. The third kappa shape index (κ3) is 2.75. The molecule has 0 aliphatic heterocycles. The molecule has 1 aliphatic carbocycles. The Labute approximate surface area is 86.2 Å². The Bertz CT molecular complexity index is 196. The molecule has 1 unspecified atom stereocenters. The van der Waals surface area contributed by atoms with Crippen LogP contribution in [0.5, 0.6) is 0 Å². The first-order chi connectivity index (χ1) is 6.08. The van der Waals surface area contributed by atoms with Crippen LogP contribution in [0.4, 0.5) is 0 Å². The molecule has 1 rings (SSSR count). The van der Waals surface area contributed by atoms with Gasteiger partial charge in [-0.3, -0.25) is 0 Å². The number of hydrogen-bond acceptors (Lipinski definition) is 2. The molecule has 0 spiro atoms. The maximum absolute atomic E-state index is 6.25. The van der Waals surface area contributed by atoms with Crippen LogP contribution in [0, 0.1) is 0 Å². The van der Waals surface area contributed by atoms with Gasteiger partial charge in [0.2, 0.25) is 0 Å². The van der Waals surface area contributed by atoms with E-state index < -0.39 is 0 Å². The molecule has 1 aliphatic rings. The summed E-state index contributed by atoms with van der Waals surface area (Å²) in [4.78, 5) is 0. The van der Waals surface area contributed by atoms with Crippen molar-refractivity contribution in [1.82, 2.24) is 0 Å². The molecule has 2 N–H and O–H groups in total. The van der Waals surface area contributed by atoms with Crippen molar-refractivity contribution in [3.8, 4) is 0 Å². The molecule has 0 amide bonds. The van der Waals surface area contributed by atoms with E-state index in [0.29, 0.717) is 0 Å². The van der Waals surface area contributed by atoms with E-state index in [1.54, 1.807) is 0 Å². The number of allylic oxidation sites excluding steroid dienone is 1. The molecule has 0 heterocycles. The molecule has 0 saturated carbocycles. The SMILES string of the molecule is CSC(C)(C)C(N)C1=CCCCC1. The first-order valence-corrected chi connectivity index (χ1v) is 6.30. The molecular weight excluding hydrogens is 178 g/mol. The van der Waals surface area contributed by atoms with Crippen LogP contribution in [0.15, 0.2) is 11.6 Å². The molecule has 0 aromatic rings. The van der Waals surface area contributed by atoms with Crippen molar-refractivity contribution in [3.05, 3.63) is 11.6 Å². The summed E-state index contributed by atoms with van der Waals surface area (Å²) in [5.74, 6) is 0. The Hall–Kier alpha value is 0.0500. The number of hydrogen-bond donors (Lipinski definition) is 1. The third-order valence-corrected chi connectivity index (χ3v) is 4.31. The number of rotatable bonds is 3. The fourth-order valence-corrected chi connectivity index (χ4v) is 2.12. The summed E-state index contributed by atoms with van der Waals surface area (Å²) < 4.78 is 0.184. The second kappa shape index (κ2) is 4.52. The summed E-state index contributed by atoms with van der Waals surface area (Å²) in [7, 11) is 0. The van der Waals surface area contributed by atoms with E-state index in [4.69, 9.17) is 5.73 Å². The maximum Gasteiger partial charge on any atom is 0.0397 e. The molecule has 1 atom stereocenters. The van der Waals surface area contributed by atoms with Crippen LogP contribution in [0.2, 0.25) is 0 Å².